The number of hydrogen-bond donors (Lipinski definition) is 0. The second kappa shape index (κ2) is 12.3. The first-order valence-electron chi connectivity index (χ1n) is 6.90. The molecule has 1 heterocycles. The van der Waals surface area contributed by atoms with Gasteiger partial charge < -0.3 is 0 Å². The lowest BCUT2D eigenvalue weighted by Gasteiger charge is -2.12. The van der Waals surface area contributed by atoms with Gasteiger partial charge in [-0.2, -0.15) is 0 Å². The average Bonchev–Trinajstić information content (AvgIpc) is 2.83. The summed E-state index contributed by atoms with van der Waals surface area (Å²) in [4.78, 5) is 1.32. The van der Waals surface area contributed by atoms with Crippen LogP contribution in [-0.2, 0) is 0 Å². The van der Waals surface area contributed by atoms with E-state index in [4.69, 9.17) is 0 Å². The molecular formula is C17H31NS. The molecule has 0 unspecified atom stereocenters. The Balaban J connectivity index is 0. The van der Waals surface area contributed by atoms with E-state index >= 15 is 0 Å². The van der Waals surface area contributed by atoms with Crippen LogP contribution in [0.2, 0.25) is 0 Å². The van der Waals surface area contributed by atoms with E-state index < -0.39 is 0 Å². The van der Waals surface area contributed by atoms with Gasteiger partial charge in [-0.15, -0.1) is 0 Å². The summed E-state index contributed by atoms with van der Waals surface area (Å²) in [7, 11) is 0. The molecule has 110 valence electrons. The molecule has 1 aromatic carbocycles. The summed E-state index contributed by atoms with van der Waals surface area (Å²) in [5.74, 6) is 0. The largest absolute Gasteiger partial charge is 0.242 e. The average molecular weight is 282 g/mol. The predicted molar refractivity (Wildman–Crippen MR) is 91.8 cm³/mol. The van der Waals surface area contributed by atoms with Gasteiger partial charge in [0.05, 0.1) is 0 Å². The number of aryl methyl sites for hydroxylation is 1. The highest BCUT2D eigenvalue weighted by Gasteiger charge is 2.15. The molecule has 0 aromatic heterocycles. The molecule has 0 radical (unpaired) electrons. The third kappa shape index (κ3) is 8.12. The number of benzene rings is 1. The highest BCUT2D eigenvalue weighted by atomic mass is 32.2. The Hall–Kier alpha value is -0.730. The number of hydrogen-bond acceptors (Lipinski definition) is 2. The first kappa shape index (κ1) is 20.6. The SMILES string of the molecule is C.C=C1CCN(Sc2ccc(C)cc2)C1.CC.CC. The molecule has 2 rings (SSSR count). The Morgan fingerprint density at radius 2 is 1.58 bits per heavy atom. The third-order valence-corrected chi connectivity index (χ3v) is 3.42. The van der Waals surface area contributed by atoms with Crippen LogP contribution in [0.5, 0.6) is 0 Å². The molecule has 1 saturated heterocycles. The summed E-state index contributed by atoms with van der Waals surface area (Å²) in [5.41, 5.74) is 2.67. The second-order valence-electron chi connectivity index (χ2n) is 3.77. The van der Waals surface area contributed by atoms with Gasteiger partial charge in [-0.1, -0.05) is 65.0 Å². The Labute approximate surface area is 125 Å². The van der Waals surface area contributed by atoms with Gasteiger partial charge in [-0.3, -0.25) is 0 Å². The van der Waals surface area contributed by atoms with E-state index in [-0.39, 0.29) is 7.43 Å². The third-order valence-electron chi connectivity index (χ3n) is 2.37. The molecular weight excluding hydrogens is 250 g/mol. The topological polar surface area (TPSA) is 3.24 Å². The van der Waals surface area contributed by atoms with Crippen LogP contribution in [0.4, 0.5) is 0 Å². The summed E-state index contributed by atoms with van der Waals surface area (Å²) >= 11 is 1.84. The van der Waals surface area contributed by atoms with Crippen molar-refractivity contribution in [2.45, 2.75) is 53.4 Å². The highest BCUT2D eigenvalue weighted by molar-refractivity contribution is 7.97. The second-order valence-corrected chi connectivity index (χ2v) is 4.94. The Kier molecular flexibility index (Phi) is 13.3. The van der Waals surface area contributed by atoms with Gasteiger partial charge in [0.1, 0.15) is 0 Å². The smallest absolute Gasteiger partial charge is 0.0301 e. The molecule has 0 atom stereocenters. The maximum absolute atomic E-state index is 4.01. The Morgan fingerprint density at radius 3 is 2.00 bits per heavy atom. The van der Waals surface area contributed by atoms with Gasteiger partial charge in [0.2, 0.25) is 0 Å². The van der Waals surface area contributed by atoms with E-state index in [1.807, 2.05) is 39.6 Å². The van der Waals surface area contributed by atoms with Gasteiger partial charge in [-0.25, -0.2) is 4.31 Å². The van der Waals surface area contributed by atoms with E-state index in [0.29, 0.717) is 0 Å². The number of nitrogens with zero attached hydrogens (tertiary/aromatic N) is 1. The van der Waals surface area contributed by atoms with Gasteiger partial charge in [-0.05, 0) is 37.4 Å². The highest BCUT2D eigenvalue weighted by Crippen LogP contribution is 2.28. The molecule has 1 aliphatic heterocycles. The lowest BCUT2D eigenvalue weighted by Crippen LogP contribution is -2.08. The normalized spacial score (nSPS) is 13.6. The van der Waals surface area contributed by atoms with Gasteiger partial charge >= 0.3 is 0 Å². The molecule has 19 heavy (non-hydrogen) atoms. The minimum Gasteiger partial charge on any atom is -0.242 e. The van der Waals surface area contributed by atoms with Crippen molar-refractivity contribution in [3.63, 3.8) is 0 Å². The summed E-state index contributed by atoms with van der Waals surface area (Å²) < 4.78 is 2.37. The quantitative estimate of drug-likeness (QED) is 0.486. The van der Waals surface area contributed by atoms with E-state index in [1.54, 1.807) is 0 Å². The van der Waals surface area contributed by atoms with Gasteiger partial charge in [0, 0.05) is 18.0 Å². The van der Waals surface area contributed by atoms with Crippen LogP contribution in [0.25, 0.3) is 0 Å². The van der Waals surface area contributed by atoms with Crippen molar-refractivity contribution < 1.29 is 0 Å². The van der Waals surface area contributed by atoms with Crippen molar-refractivity contribution in [1.29, 1.82) is 0 Å². The van der Waals surface area contributed by atoms with Gasteiger partial charge in [0.15, 0.2) is 0 Å². The molecule has 0 saturated carbocycles. The zero-order valence-electron chi connectivity index (χ0n) is 12.5. The van der Waals surface area contributed by atoms with Crippen molar-refractivity contribution >= 4 is 11.9 Å². The molecule has 0 aliphatic carbocycles. The monoisotopic (exact) mass is 281 g/mol. The lowest BCUT2D eigenvalue weighted by atomic mass is 10.2. The molecule has 0 N–H and O–H groups in total. The molecule has 1 aromatic rings. The molecule has 1 nitrogen and oxygen atoms in total. The molecule has 0 bridgehead atoms. The zero-order chi connectivity index (χ0) is 14.0. The van der Waals surface area contributed by atoms with E-state index in [9.17, 15) is 0 Å². The maximum Gasteiger partial charge on any atom is 0.0301 e. The van der Waals surface area contributed by atoms with E-state index in [2.05, 4.69) is 42.1 Å². The van der Waals surface area contributed by atoms with Crippen LogP contribution >= 0.6 is 11.9 Å². The molecule has 0 spiro atoms. The zero-order valence-corrected chi connectivity index (χ0v) is 13.3. The standard InChI is InChI=1S/C12H15NS.2C2H6.CH4/c1-10-3-5-12(6-4-10)14-13-8-7-11(2)9-13;2*1-2;/h3-6H,2,7-9H2,1H3;2*1-2H3;1H4. The van der Waals surface area contributed by atoms with E-state index in [1.165, 1.54) is 16.0 Å². The summed E-state index contributed by atoms with van der Waals surface area (Å²) in [6.45, 7) is 16.3. The fourth-order valence-corrected chi connectivity index (χ4v) is 2.50. The molecule has 2 heteroatoms. The fraction of sp³-hybridized carbons (Fsp3) is 0.529. The summed E-state index contributed by atoms with van der Waals surface area (Å²) in [6, 6.07) is 8.68. The van der Waals surface area contributed by atoms with Crippen molar-refractivity contribution in [2.24, 2.45) is 0 Å². The summed E-state index contributed by atoms with van der Waals surface area (Å²) in [5, 5.41) is 0. The minimum atomic E-state index is 0. The van der Waals surface area contributed by atoms with Crippen LogP contribution in [-0.4, -0.2) is 17.4 Å². The van der Waals surface area contributed by atoms with Crippen molar-refractivity contribution in [2.75, 3.05) is 13.1 Å². The first-order valence-corrected chi connectivity index (χ1v) is 7.67. The van der Waals surface area contributed by atoms with Crippen molar-refractivity contribution in [3.05, 3.63) is 42.0 Å². The van der Waals surface area contributed by atoms with Crippen LogP contribution in [0.1, 0.15) is 47.1 Å². The van der Waals surface area contributed by atoms with Crippen LogP contribution in [0.3, 0.4) is 0 Å². The Bertz CT molecular complexity index is 330. The van der Waals surface area contributed by atoms with Crippen LogP contribution in [0.15, 0.2) is 41.3 Å². The van der Waals surface area contributed by atoms with E-state index in [0.717, 1.165) is 19.5 Å². The van der Waals surface area contributed by atoms with Gasteiger partial charge in [0.25, 0.3) is 0 Å². The molecule has 1 aliphatic rings. The Morgan fingerprint density at radius 1 is 1.05 bits per heavy atom. The first-order chi connectivity index (χ1) is 8.74. The van der Waals surface area contributed by atoms with Crippen molar-refractivity contribution in [3.8, 4) is 0 Å². The predicted octanol–water partition coefficient (Wildman–Crippen LogP) is 5.95. The molecule has 1 fully saturated rings. The number of rotatable bonds is 2. The van der Waals surface area contributed by atoms with Crippen LogP contribution in [0, 0.1) is 6.92 Å². The molecule has 0 amide bonds. The fourth-order valence-electron chi connectivity index (χ4n) is 1.52. The maximum atomic E-state index is 4.01. The lowest BCUT2D eigenvalue weighted by molar-refractivity contribution is 0.595. The van der Waals surface area contributed by atoms with Crippen LogP contribution < -0.4 is 0 Å². The summed E-state index contributed by atoms with van der Waals surface area (Å²) in [6.07, 6.45) is 1.15. The van der Waals surface area contributed by atoms with Crippen molar-refractivity contribution in [1.82, 2.24) is 4.31 Å². The minimum absolute atomic E-state index is 0.